The van der Waals surface area contributed by atoms with Crippen molar-refractivity contribution in [1.29, 1.82) is 0 Å². The van der Waals surface area contributed by atoms with E-state index in [9.17, 15) is 18.0 Å². The van der Waals surface area contributed by atoms with Crippen LogP contribution in [-0.4, -0.2) is 33.7 Å². The van der Waals surface area contributed by atoms with Gasteiger partial charge in [-0.1, -0.05) is 0 Å². The fraction of sp³-hybridized carbons (Fsp3) is 0.143. The first-order valence-corrected chi connectivity index (χ1v) is 8.87. The smallest absolute Gasteiger partial charge is 0.340 e. The van der Waals surface area contributed by atoms with E-state index in [1.165, 1.54) is 42.7 Å². The average molecular weight is 339 g/mol. The highest BCUT2D eigenvalue weighted by Crippen LogP contribution is 2.24. The van der Waals surface area contributed by atoms with Gasteiger partial charge in [0.2, 0.25) is 0 Å². The molecule has 0 radical (unpaired) electrons. The number of carbonyl (C=O) groups excluding carboxylic acids is 2. The first-order valence-electron chi connectivity index (χ1n) is 6.10. The number of nitrogens with one attached hydrogen (secondary N) is 1. The van der Waals surface area contributed by atoms with Crippen molar-refractivity contribution in [2.24, 2.45) is 0 Å². The molecule has 1 aromatic heterocycles. The van der Waals surface area contributed by atoms with Gasteiger partial charge in [0, 0.05) is 11.8 Å². The van der Waals surface area contributed by atoms with Gasteiger partial charge in [-0.25, -0.2) is 13.2 Å². The summed E-state index contributed by atoms with van der Waals surface area (Å²) in [7, 11) is -2.05. The van der Waals surface area contributed by atoms with Crippen molar-refractivity contribution in [2.45, 2.75) is 4.90 Å². The van der Waals surface area contributed by atoms with Crippen LogP contribution < -0.4 is 5.32 Å². The molecule has 0 saturated carbocycles. The summed E-state index contributed by atoms with van der Waals surface area (Å²) in [4.78, 5) is 23.8. The molecule has 2 aromatic rings. The van der Waals surface area contributed by atoms with Gasteiger partial charge in [0.15, 0.2) is 9.84 Å². The SMILES string of the molecule is COC(=O)c1ccsc1NC(=O)c1ccc(S(C)(=O)=O)cc1. The maximum absolute atomic E-state index is 12.1. The second-order valence-electron chi connectivity index (χ2n) is 4.41. The second kappa shape index (κ2) is 6.29. The second-order valence-corrected chi connectivity index (χ2v) is 7.34. The molecule has 22 heavy (non-hydrogen) atoms. The zero-order valence-electron chi connectivity index (χ0n) is 11.8. The standard InChI is InChI=1S/C14H13NO5S2/c1-20-14(17)11-7-8-21-13(11)15-12(16)9-3-5-10(6-4-9)22(2,18)19/h3-8H,1-2H3,(H,15,16). The number of carbonyl (C=O) groups is 2. The lowest BCUT2D eigenvalue weighted by Crippen LogP contribution is -2.14. The number of ether oxygens (including phenoxy) is 1. The molecule has 0 atom stereocenters. The van der Waals surface area contributed by atoms with Crippen molar-refractivity contribution in [3.05, 3.63) is 46.8 Å². The molecule has 0 aliphatic heterocycles. The number of sulfone groups is 1. The van der Waals surface area contributed by atoms with Crippen LogP contribution in [0.5, 0.6) is 0 Å². The van der Waals surface area contributed by atoms with E-state index in [0.717, 1.165) is 6.26 Å². The number of amides is 1. The molecule has 0 unspecified atom stereocenters. The molecule has 0 bridgehead atoms. The van der Waals surface area contributed by atoms with Crippen molar-refractivity contribution in [3.63, 3.8) is 0 Å². The Labute approximate surface area is 131 Å². The predicted octanol–water partition coefficient (Wildman–Crippen LogP) is 2.19. The minimum Gasteiger partial charge on any atom is -0.465 e. The van der Waals surface area contributed by atoms with E-state index >= 15 is 0 Å². The molecule has 2 rings (SSSR count). The summed E-state index contributed by atoms with van der Waals surface area (Å²) >= 11 is 1.19. The van der Waals surface area contributed by atoms with E-state index in [0.29, 0.717) is 5.00 Å². The Bertz CT molecular complexity index is 806. The van der Waals surface area contributed by atoms with Crippen molar-refractivity contribution < 1.29 is 22.7 Å². The van der Waals surface area contributed by atoms with Crippen LogP contribution in [0.15, 0.2) is 40.6 Å². The molecular formula is C14H13NO5S2. The molecule has 1 aromatic carbocycles. The van der Waals surface area contributed by atoms with E-state index < -0.39 is 21.7 Å². The normalized spacial score (nSPS) is 11.0. The minimum atomic E-state index is -3.31. The summed E-state index contributed by atoms with van der Waals surface area (Å²) in [6.45, 7) is 0. The summed E-state index contributed by atoms with van der Waals surface area (Å²) in [5, 5.41) is 4.65. The zero-order valence-corrected chi connectivity index (χ0v) is 13.5. The van der Waals surface area contributed by atoms with Gasteiger partial charge < -0.3 is 10.1 Å². The molecular weight excluding hydrogens is 326 g/mol. The number of anilines is 1. The Morgan fingerprint density at radius 2 is 1.77 bits per heavy atom. The van der Waals surface area contributed by atoms with Crippen LogP contribution in [0.3, 0.4) is 0 Å². The maximum atomic E-state index is 12.1. The molecule has 1 amide bonds. The number of methoxy groups -OCH3 is 1. The van der Waals surface area contributed by atoms with Gasteiger partial charge in [-0.2, -0.15) is 0 Å². The van der Waals surface area contributed by atoms with Crippen LogP contribution in [0.25, 0.3) is 0 Å². The minimum absolute atomic E-state index is 0.135. The van der Waals surface area contributed by atoms with Gasteiger partial charge in [-0.3, -0.25) is 4.79 Å². The Balaban J connectivity index is 2.20. The Morgan fingerprint density at radius 3 is 2.32 bits per heavy atom. The van der Waals surface area contributed by atoms with E-state index in [1.807, 2.05) is 0 Å². The number of rotatable bonds is 4. The van der Waals surface area contributed by atoms with Crippen LogP contribution in [0.1, 0.15) is 20.7 Å². The number of esters is 1. The molecule has 1 N–H and O–H groups in total. The molecule has 0 aliphatic carbocycles. The van der Waals surface area contributed by atoms with Crippen LogP contribution in [0.2, 0.25) is 0 Å². The highest BCUT2D eigenvalue weighted by molar-refractivity contribution is 7.90. The number of hydrogen-bond acceptors (Lipinski definition) is 6. The number of hydrogen-bond donors (Lipinski definition) is 1. The van der Waals surface area contributed by atoms with Crippen molar-refractivity contribution in [2.75, 3.05) is 18.7 Å². The molecule has 0 saturated heterocycles. The third-order valence-electron chi connectivity index (χ3n) is 2.84. The molecule has 116 valence electrons. The zero-order chi connectivity index (χ0) is 16.3. The molecule has 6 nitrogen and oxygen atoms in total. The highest BCUT2D eigenvalue weighted by Gasteiger charge is 2.16. The Kier molecular flexibility index (Phi) is 4.62. The highest BCUT2D eigenvalue weighted by atomic mass is 32.2. The molecule has 0 spiro atoms. The summed E-state index contributed by atoms with van der Waals surface area (Å²) in [6, 6.07) is 7.10. The molecule has 8 heteroatoms. The third kappa shape index (κ3) is 3.52. The summed E-state index contributed by atoms with van der Waals surface area (Å²) in [5.74, 6) is -0.975. The van der Waals surface area contributed by atoms with Crippen molar-refractivity contribution >= 4 is 38.1 Å². The van der Waals surface area contributed by atoms with E-state index in [4.69, 9.17) is 0 Å². The van der Waals surface area contributed by atoms with Crippen LogP contribution in [0, 0.1) is 0 Å². The lowest BCUT2D eigenvalue weighted by Gasteiger charge is -2.06. The van der Waals surface area contributed by atoms with Gasteiger partial charge in [0.25, 0.3) is 5.91 Å². The van der Waals surface area contributed by atoms with Gasteiger partial charge in [0.1, 0.15) is 5.00 Å². The van der Waals surface area contributed by atoms with Gasteiger partial charge >= 0.3 is 5.97 Å². The topological polar surface area (TPSA) is 89.5 Å². The first-order chi connectivity index (χ1) is 10.3. The molecule has 1 heterocycles. The lowest BCUT2D eigenvalue weighted by molar-refractivity contribution is 0.0602. The largest absolute Gasteiger partial charge is 0.465 e. The fourth-order valence-electron chi connectivity index (χ4n) is 1.71. The Hall–Kier alpha value is -2.19. The van der Waals surface area contributed by atoms with Crippen LogP contribution >= 0.6 is 11.3 Å². The summed E-state index contributed by atoms with van der Waals surface area (Å²) in [6.07, 6.45) is 1.09. The van der Waals surface area contributed by atoms with Crippen molar-refractivity contribution in [1.82, 2.24) is 0 Å². The fourth-order valence-corrected chi connectivity index (χ4v) is 3.11. The van der Waals surface area contributed by atoms with Gasteiger partial charge in [0.05, 0.1) is 17.6 Å². The Morgan fingerprint density at radius 1 is 1.14 bits per heavy atom. The van der Waals surface area contributed by atoms with Gasteiger partial charge in [-0.15, -0.1) is 11.3 Å². The summed E-state index contributed by atoms with van der Waals surface area (Å²) < 4.78 is 27.4. The molecule has 0 fully saturated rings. The van der Waals surface area contributed by atoms with Crippen LogP contribution in [0.4, 0.5) is 5.00 Å². The van der Waals surface area contributed by atoms with Crippen LogP contribution in [-0.2, 0) is 14.6 Å². The predicted molar refractivity (Wildman–Crippen MR) is 83.2 cm³/mol. The van der Waals surface area contributed by atoms with E-state index in [2.05, 4.69) is 10.1 Å². The first kappa shape index (κ1) is 16.2. The number of thiophene rings is 1. The number of benzene rings is 1. The summed E-state index contributed by atoms with van der Waals surface area (Å²) in [5.41, 5.74) is 0.560. The van der Waals surface area contributed by atoms with Crippen molar-refractivity contribution in [3.8, 4) is 0 Å². The maximum Gasteiger partial charge on any atom is 0.340 e. The quantitative estimate of drug-likeness (QED) is 0.863. The molecule has 0 aliphatic rings. The third-order valence-corrected chi connectivity index (χ3v) is 4.80. The monoisotopic (exact) mass is 339 g/mol. The van der Waals surface area contributed by atoms with E-state index in [1.54, 1.807) is 11.4 Å². The lowest BCUT2D eigenvalue weighted by atomic mass is 10.2. The van der Waals surface area contributed by atoms with Gasteiger partial charge in [-0.05, 0) is 35.7 Å². The van der Waals surface area contributed by atoms with E-state index in [-0.39, 0.29) is 16.0 Å². The average Bonchev–Trinajstić information content (AvgIpc) is 2.93.